The molecule has 0 fully saturated rings. The molecule has 1 amide bonds. The summed E-state index contributed by atoms with van der Waals surface area (Å²) < 4.78 is 0. The molecule has 0 spiro atoms. The molecule has 1 aromatic heterocycles. The van der Waals surface area contributed by atoms with Crippen molar-refractivity contribution < 1.29 is 9.72 Å². The number of non-ortho nitro benzene ring substituents is 1. The molecule has 2 atom stereocenters. The number of aromatic nitrogens is 1. The number of hydrogen-bond donors (Lipinski definition) is 2. The van der Waals surface area contributed by atoms with Gasteiger partial charge in [-0.05, 0) is 36.5 Å². The van der Waals surface area contributed by atoms with Crippen molar-refractivity contribution in [3.8, 4) is 0 Å². The Bertz CT molecular complexity index is 1030. The van der Waals surface area contributed by atoms with Crippen LogP contribution in [0.5, 0.6) is 0 Å². The van der Waals surface area contributed by atoms with Crippen LogP contribution in [-0.4, -0.2) is 21.9 Å². The van der Waals surface area contributed by atoms with Gasteiger partial charge in [-0.2, -0.15) is 0 Å². The molecular weight excluding hydrogens is 366 g/mol. The summed E-state index contributed by atoms with van der Waals surface area (Å²) in [4.78, 5) is 27.0. The Balaban J connectivity index is 2.07. The predicted molar refractivity (Wildman–Crippen MR) is 115 cm³/mol. The van der Waals surface area contributed by atoms with Gasteiger partial charge in [-0.25, -0.2) is 0 Å². The molecule has 0 unspecified atom stereocenters. The number of nitrogens with one attached hydrogen (secondary N) is 2. The van der Waals surface area contributed by atoms with Gasteiger partial charge in [0.15, 0.2) is 0 Å². The Hall–Kier alpha value is -3.15. The highest BCUT2D eigenvalue weighted by atomic mass is 16.6. The highest BCUT2D eigenvalue weighted by Gasteiger charge is 2.24. The normalized spacial score (nSPS) is 13.2. The van der Waals surface area contributed by atoms with Crippen LogP contribution in [0, 0.1) is 10.1 Å². The standard InChI is InChI=1S/C23H27N3O3/c1-4-15(3)25-22(27)13-20(17-9-6-10-18(12-17)26(28)29)21-14-24-23-16(5-2)8-7-11-19(21)23/h6-12,14-15,20,24H,4-5,13H2,1-3H3,(H,25,27)/t15-,20+/m0/s1. The first kappa shape index (κ1) is 20.6. The second-order valence-corrected chi connectivity index (χ2v) is 7.42. The van der Waals surface area contributed by atoms with E-state index in [1.165, 1.54) is 11.6 Å². The summed E-state index contributed by atoms with van der Waals surface area (Å²) in [5.41, 5.74) is 4.04. The monoisotopic (exact) mass is 393 g/mol. The van der Waals surface area contributed by atoms with Gasteiger partial charge >= 0.3 is 0 Å². The average Bonchev–Trinajstić information content (AvgIpc) is 3.15. The fourth-order valence-electron chi connectivity index (χ4n) is 3.71. The number of nitrogens with zero attached hydrogens (tertiary/aromatic N) is 1. The maximum atomic E-state index is 12.7. The third-order valence-electron chi connectivity index (χ3n) is 5.48. The highest BCUT2D eigenvalue weighted by molar-refractivity contribution is 5.88. The van der Waals surface area contributed by atoms with Gasteiger partial charge in [-0.3, -0.25) is 14.9 Å². The van der Waals surface area contributed by atoms with Crippen LogP contribution in [0.4, 0.5) is 5.69 Å². The number of aromatic amines is 1. The summed E-state index contributed by atoms with van der Waals surface area (Å²) in [5, 5.41) is 15.4. The first-order valence-electron chi connectivity index (χ1n) is 10.1. The number of carbonyl (C=O) groups is 1. The lowest BCUT2D eigenvalue weighted by Crippen LogP contribution is -2.33. The van der Waals surface area contributed by atoms with Gasteiger partial charge in [0.25, 0.3) is 5.69 Å². The van der Waals surface area contributed by atoms with Crippen LogP contribution in [0.3, 0.4) is 0 Å². The van der Waals surface area contributed by atoms with Crippen LogP contribution >= 0.6 is 0 Å². The minimum atomic E-state index is -0.399. The number of H-pyrrole nitrogens is 1. The lowest BCUT2D eigenvalue weighted by molar-refractivity contribution is -0.384. The van der Waals surface area contributed by atoms with E-state index >= 15 is 0 Å². The fourth-order valence-corrected chi connectivity index (χ4v) is 3.71. The molecule has 0 aliphatic rings. The van der Waals surface area contributed by atoms with Crippen LogP contribution in [0.2, 0.25) is 0 Å². The molecule has 29 heavy (non-hydrogen) atoms. The number of nitro benzene ring substituents is 1. The fraction of sp³-hybridized carbons (Fsp3) is 0.348. The van der Waals surface area contributed by atoms with E-state index in [9.17, 15) is 14.9 Å². The Morgan fingerprint density at radius 3 is 2.66 bits per heavy atom. The van der Waals surface area contributed by atoms with Gasteiger partial charge in [0.2, 0.25) is 5.91 Å². The third-order valence-corrected chi connectivity index (χ3v) is 5.48. The van der Waals surface area contributed by atoms with E-state index in [2.05, 4.69) is 23.3 Å². The van der Waals surface area contributed by atoms with Crippen molar-refractivity contribution in [1.29, 1.82) is 0 Å². The van der Waals surface area contributed by atoms with Crippen molar-refractivity contribution in [3.63, 3.8) is 0 Å². The van der Waals surface area contributed by atoms with Crippen LogP contribution in [0.15, 0.2) is 48.7 Å². The molecule has 2 aromatic carbocycles. The van der Waals surface area contributed by atoms with Crippen molar-refractivity contribution in [3.05, 3.63) is 75.5 Å². The van der Waals surface area contributed by atoms with Crippen molar-refractivity contribution >= 4 is 22.5 Å². The third kappa shape index (κ3) is 4.47. The highest BCUT2D eigenvalue weighted by Crippen LogP contribution is 2.35. The maximum absolute atomic E-state index is 12.7. The molecule has 2 N–H and O–H groups in total. The largest absolute Gasteiger partial charge is 0.361 e. The molecule has 0 bridgehead atoms. The topological polar surface area (TPSA) is 88.0 Å². The van der Waals surface area contributed by atoms with Gasteiger partial charge in [0.05, 0.1) is 4.92 Å². The summed E-state index contributed by atoms with van der Waals surface area (Å²) in [5.74, 6) is -0.336. The number of amides is 1. The quantitative estimate of drug-likeness (QED) is 0.413. The number of carbonyl (C=O) groups excluding carboxylic acids is 1. The van der Waals surface area contributed by atoms with Crippen molar-refractivity contribution in [2.24, 2.45) is 0 Å². The van der Waals surface area contributed by atoms with Gasteiger partial charge < -0.3 is 10.3 Å². The number of aryl methyl sites for hydroxylation is 1. The zero-order valence-corrected chi connectivity index (χ0v) is 17.1. The number of fused-ring (bicyclic) bond motifs is 1. The van der Waals surface area contributed by atoms with Crippen LogP contribution < -0.4 is 5.32 Å². The van der Waals surface area contributed by atoms with E-state index in [4.69, 9.17) is 0 Å². The van der Waals surface area contributed by atoms with Gasteiger partial charge in [-0.15, -0.1) is 0 Å². The lowest BCUT2D eigenvalue weighted by atomic mass is 9.87. The minimum absolute atomic E-state index is 0.0314. The minimum Gasteiger partial charge on any atom is -0.361 e. The molecule has 6 heteroatoms. The summed E-state index contributed by atoms with van der Waals surface area (Å²) >= 11 is 0. The van der Waals surface area contributed by atoms with E-state index in [0.29, 0.717) is 0 Å². The van der Waals surface area contributed by atoms with E-state index in [0.717, 1.165) is 34.9 Å². The molecule has 0 radical (unpaired) electrons. The Kier molecular flexibility index (Phi) is 6.32. The Morgan fingerprint density at radius 1 is 1.21 bits per heavy atom. The molecule has 0 aliphatic carbocycles. The summed E-state index contributed by atoms with van der Waals surface area (Å²) in [6, 6.07) is 12.8. The molecule has 152 valence electrons. The van der Waals surface area contributed by atoms with Gasteiger partial charge in [-0.1, -0.05) is 44.2 Å². The van der Waals surface area contributed by atoms with Crippen molar-refractivity contribution in [2.75, 3.05) is 0 Å². The van der Waals surface area contributed by atoms with Crippen LogP contribution in [0.1, 0.15) is 56.2 Å². The average molecular weight is 393 g/mol. The molecule has 6 nitrogen and oxygen atoms in total. The first-order chi connectivity index (χ1) is 13.9. The number of nitro groups is 1. The lowest BCUT2D eigenvalue weighted by Gasteiger charge is -2.19. The van der Waals surface area contributed by atoms with Crippen molar-refractivity contribution in [1.82, 2.24) is 10.3 Å². The summed E-state index contributed by atoms with van der Waals surface area (Å²) in [6.45, 7) is 6.10. The Labute approximate surface area is 170 Å². The Morgan fingerprint density at radius 2 is 1.97 bits per heavy atom. The van der Waals surface area contributed by atoms with Crippen molar-refractivity contribution in [2.45, 2.75) is 52.0 Å². The summed E-state index contributed by atoms with van der Waals surface area (Å²) in [7, 11) is 0. The van der Waals surface area contributed by atoms with Gasteiger partial charge in [0, 0.05) is 47.6 Å². The molecule has 0 saturated heterocycles. The number of rotatable bonds is 8. The zero-order chi connectivity index (χ0) is 21.0. The number of benzene rings is 2. The maximum Gasteiger partial charge on any atom is 0.269 e. The zero-order valence-electron chi connectivity index (χ0n) is 17.1. The second kappa shape index (κ2) is 8.90. The molecule has 3 rings (SSSR count). The SMILES string of the molecule is CCc1cccc2c([C@H](CC(=O)N[C@@H](C)CC)c3cccc([N+](=O)[O-])c3)c[nH]c12. The smallest absolute Gasteiger partial charge is 0.269 e. The van der Waals surface area contributed by atoms with E-state index in [1.54, 1.807) is 12.1 Å². The van der Waals surface area contributed by atoms with Crippen LogP contribution in [0.25, 0.3) is 10.9 Å². The molecular formula is C23H27N3O3. The molecule has 3 aromatic rings. The summed E-state index contributed by atoms with van der Waals surface area (Å²) in [6.07, 6.45) is 3.91. The molecule has 1 heterocycles. The van der Waals surface area contributed by atoms with Crippen LogP contribution in [-0.2, 0) is 11.2 Å². The van der Waals surface area contributed by atoms with E-state index < -0.39 is 4.92 Å². The van der Waals surface area contributed by atoms with Gasteiger partial charge in [0.1, 0.15) is 0 Å². The molecule has 0 aliphatic heterocycles. The second-order valence-electron chi connectivity index (χ2n) is 7.42. The number of para-hydroxylation sites is 1. The molecule has 0 saturated carbocycles. The van der Waals surface area contributed by atoms with E-state index in [1.807, 2.05) is 38.2 Å². The number of hydrogen-bond acceptors (Lipinski definition) is 3. The first-order valence-corrected chi connectivity index (χ1v) is 10.1. The van der Waals surface area contributed by atoms with E-state index in [-0.39, 0.29) is 30.0 Å². The predicted octanol–water partition coefficient (Wildman–Crippen LogP) is 5.08.